The van der Waals surface area contributed by atoms with Gasteiger partial charge in [0.25, 0.3) is 11.5 Å². The Morgan fingerprint density at radius 1 is 0.970 bits per heavy atom. The van der Waals surface area contributed by atoms with Crippen molar-refractivity contribution in [3.8, 4) is 11.5 Å². The number of nitrogens with one attached hydrogen (secondary N) is 2. The Labute approximate surface area is 189 Å². The van der Waals surface area contributed by atoms with E-state index in [1.807, 2.05) is 0 Å². The van der Waals surface area contributed by atoms with Gasteiger partial charge in [0.15, 0.2) is 0 Å². The molecule has 4 aromatic rings. The summed E-state index contributed by atoms with van der Waals surface area (Å²) in [6, 6.07) is 18.6. The lowest BCUT2D eigenvalue weighted by molar-refractivity contribution is 0.102. The molecule has 0 saturated carbocycles. The average Bonchev–Trinajstić information content (AvgIpc) is 2.84. The number of ether oxygens (including phenoxy) is 2. The summed E-state index contributed by atoms with van der Waals surface area (Å²) >= 11 is 0. The topological polar surface area (TPSA) is 114 Å². The zero-order chi connectivity index (χ0) is 23.4. The number of carbonyl (C=O) groups is 1. The summed E-state index contributed by atoms with van der Waals surface area (Å²) < 4.78 is 10.3. The Balaban J connectivity index is 1.60. The Hall–Kier alpha value is -4.59. The third-order valence-corrected chi connectivity index (χ3v) is 4.97. The molecule has 1 aromatic heterocycles. The van der Waals surface area contributed by atoms with Gasteiger partial charge in [0.1, 0.15) is 23.0 Å². The van der Waals surface area contributed by atoms with Crippen molar-refractivity contribution in [2.45, 2.75) is 0 Å². The first-order chi connectivity index (χ1) is 16.0. The molecule has 33 heavy (non-hydrogen) atoms. The molecule has 0 aliphatic carbocycles. The van der Waals surface area contributed by atoms with Gasteiger partial charge in [-0.05, 0) is 54.6 Å². The minimum atomic E-state index is -0.496. The van der Waals surface area contributed by atoms with Gasteiger partial charge in [-0.2, -0.15) is 0 Å². The number of hydrogen-bond donors (Lipinski definition) is 3. The Bertz CT molecular complexity index is 1410. The maximum absolute atomic E-state index is 12.6. The summed E-state index contributed by atoms with van der Waals surface area (Å²) in [4.78, 5) is 32.2. The van der Waals surface area contributed by atoms with Crippen LogP contribution < -0.4 is 20.3 Å². The van der Waals surface area contributed by atoms with Crippen LogP contribution in [0.15, 0.2) is 71.5 Å². The Morgan fingerprint density at radius 3 is 2.45 bits per heavy atom. The van der Waals surface area contributed by atoms with Crippen LogP contribution in [0.1, 0.15) is 21.6 Å². The van der Waals surface area contributed by atoms with Gasteiger partial charge in [0.05, 0.1) is 25.3 Å². The minimum Gasteiger partial charge on any atom is -0.507 e. The third kappa shape index (κ3) is 4.85. The van der Waals surface area contributed by atoms with E-state index in [1.165, 1.54) is 13.2 Å². The summed E-state index contributed by atoms with van der Waals surface area (Å²) in [5.74, 6) is 0.808. The molecule has 8 heteroatoms. The van der Waals surface area contributed by atoms with E-state index in [2.05, 4.69) is 15.3 Å². The summed E-state index contributed by atoms with van der Waals surface area (Å²) in [6.07, 6.45) is 1.29. The van der Waals surface area contributed by atoms with Crippen molar-refractivity contribution in [3.63, 3.8) is 0 Å². The van der Waals surface area contributed by atoms with Crippen LogP contribution in [0.2, 0.25) is 0 Å². The van der Waals surface area contributed by atoms with Crippen molar-refractivity contribution in [3.05, 3.63) is 93.9 Å². The molecule has 0 fully saturated rings. The van der Waals surface area contributed by atoms with Crippen LogP contribution in [0.4, 0.5) is 5.69 Å². The van der Waals surface area contributed by atoms with E-state index in [0.29, 0.717) is 39.3 Å². The molecule has 3 N–H and O–H groups in total. The number of aromatic amines is 1. The molecule has 4 rings (SSSR count). The molecule has 0 radical (unpaired) electrons. The third-order valence-electron chi connectivity index (χ3n) is 4.97. The molecule has 1 heterocycles. The van der Waals surface area contributed by atoms with Crippen molar-refractivity contribution in [1.82, 2.24) is 9.97 Å². The average molecular weight is 443 g/mol. The number of nitrogens with zero attached hydrogens (tertiary/aromatic N) is 1. The summed E-state index contributed by atoms with van der Waals surface area (Å²) in [7, 11) is 3.10. The van der Waals surface area contributed by atoms with E-state index in [0.717, 1.165) is 0 Å². The highest BCUT2D eigenvalue weighted by Crippen LogP contribution is 2.20. The number of amides is 1. The van der Waals surface area contributed by atoms with Crippen LogP contribution in [0.25, 0.3) is 22.9 Å². The SMILES string of the molecule is COc1ccc(NC(=O)c2ccc3nc(C=C(O)c4cccc(OC)c4)c(=O)[nH]c3c2)cc1. The zero-order valence-electron chi connectivity index (χ0n) is 18.0. The molecule has 0 aliphatic heterocycles. The summed E-state index contributed by atoms with van der Waals surface area (Å²) in [5.41, 5.74) is 1.88. The van der Waals surface area contributed by atoms with Crippen molar-refractivity contribution in [1.29, 1.82) is 0 Å². The quantitative estimate of drug-likeness (QED) is 0.384. The van der Waals surface area contributed by atoms with Gasteiger partial charge in [-0.3, -0.25) is 9.59 Å². The molecule has 8 nitrogen and oxygen atoms in total. The standard InChI is InChI=1S/C25H21N3O5/c1-32-18-9-7-17(8-10-18)26-24(30)16-6-11-20-21(13-16)28-25(31)22(27-20)14-23(29)15-4-3-5-19(12-15)33-2/h3-14,29H,1-2H3,(H,26,30)(H,28,31). The second kappa shape index (κ2) is 9.27. The molecular formula is C25H21N3O5. The molecule has 0 spiro atoms. The first kappa shape index (κ1) is 21.6. The van der Waals surface area contributed by atoms with Crippen LogP contribution >= 0.6 is 0 Å². The lowest BCUT2D eigenvalue weighted by atomic mass is 10.1. The van der Waals surface area contributed by atoms with E-state index < -0.39 is 5.56 Å². The van der Waals surface area contributed by atoms with Gasteiger partial charge in [-0.1, -0.05) is 12.1 Å². The molecular weight excluding hydrogens is 422 g/mol. The molecule has 0 aliphatic rings. The molecule has 0 atom stereocenters. The molecule has 0 unspecified atom stereocenters. The minimum absolute atomic E-state index is 0.0401. The van der Waals surface area contributed by atoms with Gasteiger partial charge in [0.2, 0.25) is 0 Å². The molecule has 166 valence electrons. The number of benzene rings is 3. The van der Waals surface area contributed by atoms with Crippen molar-refractivity contribution >= 4 is 34.5 Å². The maximum Gasteiger partial charge on any atom is 0.274 e. The van der Waals surface area contributed by atoms with Gasteiger partial charge >= 0.3 is 0 Å². The molecule has 1 amide bonds. The van der Waals surface area contributed by atoms with Crippen LogP contribution in [-0.4, -0.2) is 35.2 Å². The lowest BCUT2D eigenvalue weighted by Crippen LogP contribution is -2.14. The second-order valence-corrected chi connectivity index (χ2v) is 7.13. The van der Waals surface area contributed by atoms with E-state index in [1.54, 1.807) is 73.8 Å². The van der Waals surface area contributed by atoms with E-state index >= 15 is 0 Å². The maximum atomic E-state index is 12.6. The summed E-state index contributed by atoms with van der Waals surface area (Å²) in [6.45, 7) is 0. The van der Waals surface area contributed by atoms with Gasteiger partial charge in [-0.25, -0.2) is 4.98 Å². The Kier molecular flexibility index (Phi) is 6.08. The normalized spacial score (nSPS) is 11.3. The number of aliphatic hydroxyl groups excluding tert-OH is 1. The number of H-pyrrole nitrogens is 1. The predicted octanol–water partition coefficient (Wildman–Crippen LogP) is 4.25. The van der Waals surface area contributed by atoms with Crippen molar-refractivity contribution < 1.29 is 19.4 Å². The smallest absolute Gasteiger partial charge is 0.274 e. The predicted molar refractivity (Wildman–Crippen MR) is 127 cm³/mol. The largest absolute Gasteiger partial charge is 0.507 e. The van der Waals surface area contributed by atoms with E-state index in [-0.39, 0.29) is 17.4 Å². The van der Waals surface area contributed by atoms with Crippen LogP contribution in [0, 0.1) is 0 Å². The van der Waals surface area contributed by atoms with Crippen LogP contribution in [0.5, 0.6) is 11.5 Å². The number of hydrogen-bond acceptors (Lipinski definition) is 6. The van der Waals surface area contributed by atoms with E-state index in [4.69, 9.17) is 9.47 Å². The number of aliphatic hydroxyl groups is 1. The van der Waals surface area contributed by atoms with Gasteiger partial charge < -0.3 is 24.9 Å². The first-order valence-electron chi connectivity index (χ1n) is 10.0. The number of rotatable bonds is 6. The number of fused-ring (bicyclic) bond motifs is 1. The molecule has 3 aromatic carbocycles. The second-order valence-electron chi connectivity index (χ2n) is 7.13. The molecule has 0 bridgehead atoms. The van der Waals surface area contributed by atoms with Crippen molar-refractivity contribution in [2.75, 3.05) is 19.5 Å². The van der Waals surface area contributed by atoms with Gasteiger partial charge in [-0.15, -0.1) is 0 Å². The highest BCUT2D eigenvalue weighted by Gasteiger charge is 2.11. The van der Waals surface area contributed by atoms with E-state index in [9.17, 15) is 14.7 Å². The fourth-order valence-corrected chi connectivity index (χ4v) is 3.21. The number of anilines is 1. The lowest BCUT2D eigenvalue weighted by Gasteiger charge is -2.07. The van der Waals surface area contributed by atoms with Crippen molar-refractivity contribution in [2.24, 2.45) is 0 Å². The Morgan fingerprint density at radius 2 is 1.73 bits per heavy atom. The number of aromatic nitrogens is 2. The zero-order valence-corrected chi connectivity index (χ0v) is 18.0. The number of methoxy groups -OCH3 is 2. The first-order valence-corrected chi connectivity index (χ1v) is 10.0. The number of carbonyl (C=O) groups excluding carboxylic acids is 1. The van der Waals surface area contributed by atoms with Crippen LogP contribution in [-0.2, 0) is 0 Å². The fraction of sp³-hybridized carbons (Fsp3) is 0.0800. The van der Waals surface area contributed by atoms with Gasteiger partial charge in [0, 0.05) is 22.9 Å². The molecule has 0 saturated heterocycles. The monoisotopic (exact) mass is 443 g/mol. The van der Waals surface area contributed by atoms with Crippen LogP contribution in [0.3, 0.4) is 0 Å². The highest BCUT2D eigenvalue weighted by atomic mass is 16.5. The fourth-order valence-electron chi connectivity index (χ4n) is 3.21. The summed E-state index contributed by atoms with van der Waals surface area (Å²) in [5, 5.41) is 13.2. The highest BCUT2D eigenvalue weighted by molar-refractivity contribution is 6.05.